The van der Waals surface area contributed by atoms with E-state index in [1.165, 1.54) is 12.4 Å². The average Bonchev–Trinajstić information content (AvgIpc) is 2.76. The number of carbonyl (C=O) groups excluding carboxylic acids is 1. The quantitative estimate of drug-likeness (QED) is 0.909. The highest BCUT2D eigenvalue weighted by Gasteiger charge is 2.16. The number of amides is 1. The van der Waals surface area contributed by atoms with Gasteiger partial charge in [-0.25, -0.2) is 0 Å². The van der Waals surface area contributed by atoms with E-state index in [9.17, 15) is 4.79 Å². The van der Waals surface area contributed by atoms with Crippen LogP contribution >= 0.6 is 11.6 Å². The minimum atomic E-state index is -0.266. The van der Waals surface area contributed by atoms with Gasteiger partial charge in [-0.05, 0) is 13.0 Å². The fourth-order valence-electron chi connectivity index (χ4n) is 1.58. The molecule has 0 radical (unpaired) electrons. The molecule has 0 aliphatic heterocycles. The van der Waals surface area contributed by atoms with E-state index >= 15 is 0 Å². The molecule has 1 N–H and O–H groups in total. The van der Waals surface area contributed by atoms with Gasteiger partial charge in [0.05, 0.1) is 16.6 Å². The second kappa shape index (κ2) is 5.14. The summed E-state index contributed by atoms with van der Waals surface area (Å²) < 4.78 is 1.75. The third kappa shape index (κ3) is 2.48. The normalized spacial score (nSPS) is 12.2. The second-order valence-electron chi connectivity index (χ2n) is 3.85. The zero-order valence-electron chi connectivity index (χ0n) is 9.96. The maximum Gasteiger partial charge on any atom is 0.253 e. The van der Waals surface area contributed by atoms with Crippen LogP contribution in [0.25, 0.3) is 0 Å². The summed E-state index contributed by atoms with van der Waals surface area (Å²) in [5, 5.41) is 10.8. The third-order valence-corrected chi connectivity index (χ3v) is 2.80. The summed E-state index contributed by atoms with van der Waals surface area (Å²) in [4.78, 5) is 15.8. The number of carbonyl (C=O) groups is 1. The number of aryl methyl sites for hydroxylation is 1. The van der Waals surface area contributed by atoms with E-state index in [2.05, 4.69) is 20.5 Å². The minimum Gasteiger partial charge on any atom is -0.342 e. The van der Waals surface area contributed by atoms with Gasteiger partial charge in [-0.15, -0.1) is 10.2 Å². The zero-order valence-corrected chi connectivity index (χ0v) is 10.7. The lowest BCUT2D eigenvalue weighted by atomic mass is 10.2. The molecule has 2 aromatic rings. The molecule has 1 amide bonds. The molecule has 0 saturated heterocycles. The molecule has 0 aliphatic rings. The molecule has 2 rings (SSSR count). The van der Waals surface area contributed by atoms with Crippen molar-refractivity contribution >= 4 is 17.5 Å². The van der Waals surface area contributed by atoms with E-state index in [1.54, 1.807) is 17.0 Å². The number of nitrogens with one attached hydrogen (secondary N) is 1. The SMILES string of the molecule is CC(NC(=O)c1ccncc1Cl)c1nncn1C. The molecule has 0 fully saturated rings. The molecule has 1 atom stereocenters. The fraction of sp³-hybridized carbons (Fsp3) is 0.273. The van der Waals surface area contributed by atoms with Crippen molar-refractivity contribution in [3.63, 3.8) is 0 Å². The number of aromatic nitrogens is 4. The van der Waals surface area contributed by atoms with E-state index in [-0.39, 0.29) is 11.9 Å². The van der Waals surface area contributed by atoms with Crippen molar-refractivity contribution in [1.29, 1.82) is 0 Å². The van der Waals surface area contributed by atoms with E-state index < -0.39 is 0 Å². The van der Waals surface area contributed by atoms with Crippen molar-refractivity contribution in [3.05, 3.63) is 41.2 Å². The Labute approximate surface area is 109 Å². The van der Waals surface area contributed by atoms with Crippen molar-refractivity contribution in [2.24, 2.45) is 7.05 Å². The fourth-order valence-corrected chi connectivity index (χ4v) is 1.79. The van der Waals surface area contributed by atoms with Crippen LogP contribution in [0.2, 0.25) is 5.02 Å². The Morgan fingerprint density at radius 3 is 2.94 bits per heavy atom. The topological polar surface area (TPSA) is 72.7 Å². The summed E-state index contributed by atoms with van der Waals surface area (Å²) in [5.74, 6) is 0.409. The highest BCUT2D eigenvalue weighted by atomic mass is 35.5. The van der Waals surface area contributed by atoms with Gasteiger partial charge < -0.3 is 9.88 Å². The molecule has 2 aromatic heterocycles. The summed E-state index contributed by atoms with van der Waals surface area (Å²) >= 11 is 5.90. The predicted molar refractivity (Wildman–Crippen MR) is 66.1 cm³/mol. The number of nitrogens with zero attached hydrogens (tertiary/aromatic N) is 4. The molecule has 2 heterocycles. The van der Waals surface area contributed by atoms with Crippen LogP contribution in [0, 0.1) is 0 Å². The van der Waals surface area contributed by atoms with Gasteiger partial charge in [-0.1, -0.05) is 11.6 Å². The first-order valence-electron chi connectivity index (χ1n) is 5.34. The van der Waals surface area contributed by atoms with Gasteiger partial charge in [0.15, 0.2) is 5.82 Å². The van der Waals surface area contributed by atoms with E-state index in [0.29, 0.717) is 16.4 Å². The van der Waals surface area contributed by atoms with Gasteiger partial charge in [0.1, 0.15) is 6.33 Å². The first-order valence-corrected chi connectivity index (χ1v) is 5.71. The van der Waals surface area contributed by atoms with Gasteiger partial charge in [0, 0.05) is 19.4 Å². The Bertz CT molecular complexity index is 568. The predicted octanol–water partition coefficient (Wildman–Crippen LogP) is 1.35. The first kappa shape index (κ1) is 12.5. The number of halogens is 1. The lowest BCUT2D eigenvalue weighted by Gasteiger charge is -2.13. The van der Waals surface area contributed by atoms with Gasteiger partial charge in [0.2, 0.25) is 0 Å². The first-order chi connectivity index (χ1) is 8.59. The Kier molecular flexibility index (Phi) is 3.57. The smallest absolute Gasteiger partial charge is 0.253 e. The highest BCUT2D eigenvalue weighted by molar-refractivity contribution is 6.33. The number of pyridine rings is 1. The number of rotatable bonds is 3. The summed E-state index contributed by atoms with van der Waals surface area (Å²) in [6.07, 6.45) is 4.54. The van der Waals surface area contributed by atoms with Crippen molar-refractivity contribution in [2.45, 2.75) is 13.0 Å². The molecule has 0 spiro atoms. The van der Waals surface area contributed by atoms with Crippen LogP contribution in [0.5, 0.6) is 0 Å². The van der Waals surface area contributed by atoms with Crippen molar-refractivity contribution < 1.29 is 4.79 Å². The van der Waals surface area contributed by atoms with E-state index in [0.717, 1.165) is 0 Å². The average molecular weight is 266 g/mol. The summed E-state index contributed by atoms with van der Waals surface area (Å²) in [7, 11) is 1.82. The van der Waals surface area contributed by atoms with E-state index in [4.69, 9.17) is 11.6 Å². The van der Waals surface area contributed by atoms with Crippen LogP contribution in [0.15, 0.2) is 24.8 Å². The number of hydrogen-bond donors (Lipinski definition) is 1. The maximum atomic E-state index is 12.0. The molecule has 6 nitrogen and oxygen atoms in total. The molecule has 0 saturated carbocycles. The largest absolute Gasteiger partial charge is 0.342 e. The Morgan fingerprint density at radius 1 is 1.56 bits per heavy atom. The maximum absolute atomic E-state index is 12.0. The molecule has 0 aliphatic carbocycles. The summed E-state index contributed by atoms with van der Waals surface area (Å²) in [6.45, 7) is 1.83. The lowest BCUT2D eigenvalue weighted by molar-refractivity contribution is 0.0938. The van der Waals surface area contributed by atoms with Gasteiger partial charge in [-0.2, -0.15) is 0 Å². The summed E-state index contributed by atoms with van der Waals surface area (Å²) in [6, 6.07) is 1.32. The molecule has 1 unspecified atom stereocenters. The van der Waals surface area contributed by atoms with Gasteiger partial charge in [0.25, 0.3) is 5.91 Å². The zero-order chi connectivity index (χ0) is 13.1. The van der Waals surface area contributed by atoms with Crippen LogP contribution < -0.4 is 5.32 Å². The third-order valence-electron chi connectivity index (χ3n) is 2.50. The molecular weight excluding hydrogens is 254 g/mol. The molecule has 7 heteroatoms. The molecule has 0 bridgehead atoms. The monoisotopic (exact) mass is 265 g/mol. The molecular formula is C11H12ClN5O. The highest BCUT2D eigenvalue weighted by Crippen LogP contribution is 2.15. The van der Waals surface area contributed by atoms with Crippen LogP contribution in [-0.2, 0) is 7.05 Å². The molecule has 18 heavy (non-hydrogen) atoms. The minimum absolute atomic E-state index is 0.255. The Morgan fingerprint density at radius 2 is 2.33 bits per heavy atom. The van der Waals surface area contributed by atoms with Crippen LogP contribution in [0.1, 0.15) is 29.1 Å². The van der Waals surface area contributed by atoms with Gasteiger partial charge >= 0.3 is 0 Å². The van der Waals surface area contributed by atoms with Crippen molar-refractivity contribution in [3.8, 4) is 0 Å². The van der Waals surface area contributed by atoms with E-state index in [1.807, 2.05) is 14.0 Å². The van der Waals surface area contributed by atoms with Crippen LogP contribution in [-0.4, -0.2) is 25.7 Å². The van der Waals surface area contributed by atoms with Crippen LogP contribution in [0.4, 0.5) is 0 Å². The van der Waals surface area contributed by atoms with Crippen LogP contribution in [0.3, 0.4) is 0 Å². The second-order valence-corrected chi connectivity index (χ2v) is 4.26. The van der Waals surface area contributed by atoms with Gasteiger partial charge in [-0.3, -0.25) is 9.78 Å². The lowest BCUT2D eigenvalue weighted by Crippen LogP contribution is -2.28. The number of hydrogen-bond acceptors (Lipinski definition) is 4. The molecule has 0 aromatic carbocycles. The van der Waals surface area contributed by atoms with Crippen molar-refractivity contribution in [2.75, 3.05) is 0 Å². The standard InChI is InChI=1S/C11H12ClN5O/c1-7(10-16-14-6-17(10)2)15-11(18)8-3-4-13-5-9(8)12/h3-7H,1-2H3,(H,15,18). The molecule has 94 valence electrons. The summed E-state index contributed by atoms with van der Waals surface area (Å²) in [5.41, 5.74) is 0.390. The Balaban J connectivity index is 2.13. The van der Waals surface area contributed by atoms with Crippen molar-refractivity contribution in [1.82, 2.24) is 25.1 Å². The Hall–Kier alpha value is -1.95.